The minimum atomic E-state index is -0.615. The molecular weight excluding hydrogens is 266 g/mol. The molecule has 3 N–H and O–H groups in total. The Morgan fingerprint density at radius 2 is 2.00 bits per heavy atom. The number of primary amides is 1. The molecule has 1 aliphatic rings. The molecule has 5 heteroatoms. The second-order valence-electron chi connectivity index (χ2n) is 6.25. The number of likely N-dealkylation sites (tertiary alicyclic amines) is 1. The van der Waals surface area contributed by atoms with Crippen LogP contribution in [0.3, 0.4) is 0 Å². The van der Waals surface area contributed by atoms with Crippen LogP contribution in [-0.2, 0) is 4.79 Å². The number of nitrogens with two attached hydrogens (primary N) is 1. The Bertz CT molecular complexity index is 556. The lowest BCUT2D eigenvalue weighted by Crippen LogP contribution is -2.38. The molecule has 5 nitrogen and oxygen atoms in total. The summed E-state index contributed by atoms with van der Waals surface area (Å²) in [6, 6.07) is 7.71. The number of nitrogens with zero attached hydrogens (tertiary/aromatic N) is 1. The molecule has 1 unspecified atom stereocenters. The van der Waals surface area contributed by atoms with Gasteiger partial charge in [-0.25, -0.2) is 0 Å². The van der Waals surface area contributed by atoms with Gasteiger partial charge in [-0.2, -0.15) is 0 Å². The third-order valence-electron chi connectivity index (χ3n) is 3.96. The second-order valence-corrected chi connectivity index (χ2v) is 6.25. The number of hydrogen-bond acceptors (Lipinski definition) is 3. The highest BCUT2D eigenvalue weighted by Gasteiger charge is 2.41. The van der Waals surface area contributed by atoms with Gasteiger partial charge in [0, 0.05) is 24.8 Å². The molecule has 1 aliphatic heterocycles. The maximum absolute atomic E-state index is 12.7. The van der Waals surface area contributed by atoms with Crippen LogP contribution in [0.15, 0.2) is 24.3 Å². The largest absolute Gasteiger partial charge is 0.382 e. The van der Waals surface area contributed by atoms with E-state index in [1.54, 1.807) is 4.90 Å². The molecule has 1 atom stereocenters. The highest BCUT2D eigenvalue weighted by molar-refractivity contribution is 6.00. The second kappa shape index (κ2) is 5.76. The highest BCUT2D eigenvalue weighted by atomic mass is 16.2. The topological polar surface area (TPSA) is 75.4 Å². The summed E-state index contributed by atoms with van der Waals surface area (Å²) in [5.74, 6) is -0.393. The lowest BCUT2D eigenvalue weighted by molar-refractivity contribution is -0.126. The van der Waals surface area contributed by atoms with E-state index < -0.39 is 5.41 Å². The molecule has 0 bridgehead atoms. The Hall–Kier alpha value is -2.04. The van der Waals surface area contributed by atoms with Crippen molar-refractivity contribution in [3.63, 3.8) is 0 Å². The number of nitrogens with one attached hydrogen (secondary N) is 1. The summed E-state index contributed by atoms with van der Waals surface area (Å²) in [6.45, 7) is 6.83. The van der Waals surface area contributed by atoms with Crippen molar-refractivity contribution >= 4 is 17.5 Å². The summed E-state index contributed by atoms with van der Waals surface area (Å²) in [4.78, 5) is 25.9. The quantitative estimate of drug-likeness (QED) is 0.888. The fourth-order valence-corrected chi connectivity index (χ4v) is 2.61. The molecule has 1 fully saturated rings. The number of hydrogen-bond donors (Lipinski definition) is 2. The summed E-state index contributed by atoms with van der Waals surface area (Å²) in [5, 5.41) is 3.28. The van der Waals surface area contributed by atoms with Crippen LogP contribution in [0.1, 0.15) is 37.6 Å². The van der Waals surface area contributed by atoms with Crippen LogP contribution >= 0.6 is 0 Å². The first kappa shape index (κ1) is 15.4. The molecule has 2 rings (SSSR count). The fourth-order valence-electron chi connectivity index (χ4n) is 2.61. The standard InChI is InChI=1S/C16H23N3O2/c1-11(2)18-13-7-5-4-6-12(13)14(20)19-9-8-16(3,10-19)15(17)21/h4-7,11,18H,8-10H2,1-3H3,(H2,17,21). The predicted molar refractivity (Wildman–Crippen MR) is 83.0 cm³/mol. The molecule has 21 heavy (non-hydrogen) atoms. The Balaban J connectivity index is 2.20. The lowest BCUT2D eigenvalue weighted by Gasteiger charge is -2.22. The maximum atomic E-state index is 12.7. The zero-order valence-corrected chi connectivity index (χ0v) is 12.8. The van der Waals surface area contributed by atoms with E-state index in [0.29, 0.717) is 25.1 Å². The van der Waals surface area contributed by atoms with Crippen molar-refractivity contribution in [1.29, 1.82) is 0 Å². The minimum Gasteiger partial charge on any atom is -0.382 e. The molecule has 1 heterocycles. The van der Waals surface area contributed by atoms with Crippen LogP contribution in [0, 0.1) is 5.41 Å². The summed E-state index contributed by atoms with van der Waals surface area (Å²) in [5.41, 5.74) is 6.29. The minimum absolute atomic E-state index is 0.0521. The van der Waals surface area contributed by atoms with Gasteiger partial charge >= 0.3 is 0 Å². The van der Waals surface area contributed by atoms with E-state index in [1.165, 1.54) is 0 Å². The Morgan fingerprint density at radius 1 is 1.33 bits per heavy atom. The van der Waals surface area contributed by atoms with E-state index in [1.807, 2.05) is 45.0 Å². The van der Waals surface area contributed by atoms with Crippen molar-refractivity contribution in [3.8, 4) is 0 Å². The first-order valence-corrected chi connectivity index (χ1v) is 7.28. The Kier molecular flexibility index (Phi) is 4.21. The molecule has 0 aromatic heterocycles. The average Bonchev–Trinajstić information content (AvgIpc) is 2.82. The Morgan fingerprint density at radius 3 is 2.57 bits per heavy atom. The van der Waals surface area contributed by atoms with Crippen LogP contribution in [0.25, 0.3) is 0 Å². The molecule has 0 saturated carbocycles. The maximum Gasteiger partial charge on any atom is 0.255 e. The molecule has 1 aromatic rings. The molecule has 114 valence electrons. The number of carbonyl (C=O) groups is 2. The third-order valence-corrected chi connectivity index (χ3v) is 3.96. The van der Waals surface area contributed by atoms with Crippen molar-refractivity contribution in [1.82, 2.24) is 4.90 Å². The van der Waals surface area contributed by atoms with E-state index in [9.17, 15) is 9.59 Å². The smallest absolute Gasteiger partial charge is 0.255 e. The average molecular weight is 289 g/mol. The summed E-state index contributed by atoms with van der Waals surface area (Å²) >= 11 is 0. The van der Waals surface area contributed by atoms with Gasteiger partial charge in [0.05, 0.1) is 11.0 Å². The third kappa shape index (κ3) is 3.17. The van der Waals surface area contributed by atoms with Gasteiger partial charge in [-0.1, -0.05) is 12.1 Å². The van der Waals surface area contributed by atoms with Crippen molar-refractivity contribution in [3.05, 3.63) is 29.8 Å². The molecule has 1 aromatic carbocycles. The fraction of sp³-hybridized carbons (Fsp3) is 0.500. The van der Waals surface area contributed by atoms with Gasteiger partial charge in [-0.05, 0) is 39.3 Å². The van der Waals surface area contributed by atoms with Gasteiger partial charge in [0.25, 0.3) is 5.91 Å². The van der Waals surface area contributed by atoms with Gasteiger partial charge < -0.3 is 16.0 Å². The van der Waals surface area contributed by atoms with Gasteiger partial charge in [-0.3, -0.25) is 9.59 Å². The van der Waals surface area contributed by atoms with E-state index in [-0.39, 0.29) is 17.9 Å². The monoisotopic (exact) mass is 289 g/mol. The van der Waals surface area contributed by atoms with Crippen molar-refractivity contribution in [2.45, 2.75) is 33.2 Å². The number of anilines is 1. The number of carbonyl (C=O) groups excluding carboxylic acids is 2. The zero-order valence-electron chi connectivity index (χ0n) is 12.8. The molecule has 2 amide bonds. The SMILES string of the molecule is CC(C)Nc1ccccc1C(=O)N1CCC(C)(C(N)=O)C1. The number of benzene rings is 1. The number of para-hydroxylation sites is 1. The van der Waals surface area contributed by atoms with Gasteiger partial charge in [0.2, 0.25) is 5.91 Å². The predicted octanol–water partition coefficient (Wildman–Crippen LogP) is 1.84. The molecule has 0 spiro atoms. The summed E-state index contributed by atoms with van der Waals surface area (Å²) in [6.07, 6.45) is 0.619. The molecule has 0 aliphatic carbocycles. The van der Waals surface area contributed by atoms with E-state index in [0.717, 1.165) is 5.69 Å². The zero-order chi connectivity index (χ0) is 15.6. The molecule has 0 radical (unpaired) electrons. The van der Waals surface area contributed by atoms with Gasteiger partial charge in [0.1, 0.15) is 0 Å². The van der Waals surface area contributed by atoms with Crippen LogP contribution in [0.5, 0.6) is 0 Å². The van der Waals surface area contributed by atoms with Crippen LogP contribution in [0.2, 0.25) is 0 Å². The highest BCUT2D eigenvalue weighted by Crippen LogP contribution is 2.31. The Labute approximate surface area is 125 Å². The van der Waals surface area contributed by atoms with Crippen LogP contribution < -0.4 is 11.1 Å². The van der Waals surface area contributed by atoms with Crippen LogP contribution in [0.4, 0.5) is 5.69 Å². The van der Waals surface area contributed by atoms with Crippen molar-refractivity contribution < 1.29 is 9.59 Å². The van der Waals surface area contributed by atoms with Gasteiger partial charge in [0.15, 0.2) is 0 Å². The van der Waals surface area contributed by atoms with Crippen molar-refractivity contribution in [2.75, 3.05) is 18.4 Å². The number of rotatable bonds is 4. The number of amides is 2. The van der Waals surface area contributed by atoms with Gasteiger partial charge in [-0.15, -0.1) is 0 Å². The van der Waals surface area contributed by atoms with Crippen molar-refractivity contribution in [2.24, 2.45) is 11.1 Å². The van der Waals surface area contributed by atoms with E-state index in [4.69, 9.17) is 5.73 Å². The summed E-state index contributed by atoms with van der Waals surface area (Å²) < 4.78 is 0. The summed E-state index contributed by atoms with van der Waals surface area (Å²) in [7, 11) is 0. The first-order chi connectivity index (χ1) is 9.83. The lowest BCUT2D eigenvalue weighted by atomic mass is 9.89. The normalized spacial score (nSPS) is 21.6. The van der Waals surface area contributed by atoms with E-state index >= 15 is 0 Å². The first-order valence-electron chi connectivity index (χ1n) is 7.28. The molecule has 1 saturated heterocycles. The van der Waals surface area contributed by atoms with Crippen LogP contribution in [-0.4, -0.2) is 35.8 Å². The van der Waals surface area contributed by atoms with E-state index in [2.05, 4.69) is 5.32 Å². The molecular formula is C16H23N3O2.